The minimum atomic E-state index is -2.55. The molecule has 0 aromatic heterocycles. The molecule has 0 aromatic carbocycles. The van der Waals surface area contributed by atoms with E-state index in [1.165, 1.54) is 4.90 Å². The first-order chi connectivity index (χ1) is 8.52. The van der Waals surface area contributed by atoms with Gasteiger partial charge in [0.25, 0.3) is 6.43 Å². The normalized spacial score (nSPS) is 20.2. The van der Waals surface area contributed by atoms with E-state index in [1.807, 2.05) is 0 Å². The number of nitrogens with zero attached hydrogens (tertiary/aromatic N) is 1. The number of carbonyl (C=O) groups excluding carboxylic acids is 1. The quantitative estimate of drug-likeness (QED) is 0.731. The zero-order valence-electron chi connectivity index (χ0n) is 9.98. The van der Waals surface area contributed by atoms with E-state index in [0.717, 1.165) is 12.8 Å². The standard InChI is InChI=1S/C11H17F2NO4/c12-9(13)7-18-6-4-10(15)14-5-2-1-3-8(14)11(16)17/h8-9H,1-7H2,(H,16,17)/t8-/m0/s1. The molecule has 1 N–H and O–H groups in total. The summed E-state index contributed by atoms with van der Waals surface area (Å²) in [6.45, 7) is -0.397. The molecule has 1 amide bonds. The summed E-state index contributed by atoms with van der Waals surface area (Å²) in [6.07, 6.45) is -0.618. The van der Waals surface area contributed by atoms with Gasteiger partial charge in [-0.1, -0.05) is 0 Å². The lowest BCUT2D eigenvalue weighted by Gasteiger charge is -2.33. The highest BCUT2D eigenvalue weighted by Crippen LogP contribution is 2.18. The Morgan fingerprint density at radius 3 is 2.72 bits per heavy atom. The summed E-state index contributed by atoms with van der Waals surface area (Å²) in [6, 6.07) is -0.790. The molecule has 1 fully saturated rings. The van der Waals surface area contributed by atoms with Crippen LogP contribution in [0.2, 0.25) is 0 Å². The van der Waals surface area contributed by atoms with Crippen molar-refractivity contribution in [1.29, 1.82) is 0 Å². The van der Waals surface area contributed by atoms with Gasteiger partial charge in [-0.3, -0.25) is 4.79 Å². The van der Waals surface area contributed by atoms with Crippen molar-refractivity contribution in [2.45, 2.75) is 38.2 Å². The largest absolute Gasteiger partial charge is 0.480 e. The van der Waals surface area contributed by atoms with Gasteiger partial charge in [-0.15, -0.1) is 0 Å². The highest BCUT2D eigenvalue weighted by atomic mass is 19.3. The van der Waals surface area contributed by atoms with Gasteiger partial charge >= 0.3 is 5.97 Å². The molecule has 0 aliphatic carbocycles. The summed E-state index contributed by atoms with van der Waals surface area (Å²) < 4.78 is 28.2. The van der Waals surface area contributed by atoms with E-state index < -0.39 is 25.0 Å². The maximum Gasteiger partial charge on any atom is 0.326 e. The fraction of sp³-hybridized carbons (Fsp3) is 0.818. The molecule has 0 radical (unpaired) electrons. The van der Waals surface area contributed by atoms with Crippen LogP contribution in [-0.4, -0.2) is 54.1 Å². The number of hydrogen-bond donors (Lipinski definition) is 1. The van der Waals surface area contributed by atoms with Crippen LogP contribution in [0.3, 0.4) is 0 Å². The molecule has 1 aliphatic heterocycles. The van der Waals surface area contributed by atoms with Crippen LogP contribution in [0.1, 0.15) is 25.7 Å². The summed E-state index contributed by atoms with van der Waals surface area (Å²) in [7, 11) is 0. The molecule has 1 heterocycles. The van der Waals surface area contributed by atoms with Gasteiger partial charge in [0, 0.05) is 6.54 Å². The smallest absolute Gasteiger partial charge is 0.326 e. The first-order valence-corrected chi connectivity index (χ1v) is 5.90. The number of amides is 1. The van der Waals surface area contributed by atoms with Crippen LogP contribution in [0.15, 0.2) is 0 Å². The topological polar surface area (TPSA) is 66.8 Å². The van der Waals surface area contributed by atoms with Gasteiger partial charge in [0.15, 0.2) is 0 Å². The van der Waals surface area contributed by atoms with Crippen molar-refractivity contribution in [1.82, 2.24) is 4.90 Å². The van der Waals surface area contributed by atoms with Crippen molar-refractivity contribution in [3.8, 4) is 0 Å². The van der Waals surface area contributed by atoms with Crippen molar-refractivity contribution in [2.24, 2.45) is 0 Å². The van der Waals surface area contributed by atoms with E-state index in [9.17, 15) is 18.4 Å². The number of ether oxygens (including phenoxy) is 1. The number of alkyl halides is 2. The highest BCUT2D eigenvalue weighted by Gasteiger charge is 2.31. The van der Waals surface area contributed by atoms with Crippen LogP contribution in [0.25, 0.3) is 0 Å². The molecule has 1 atom stereocenters. The molecule has 0 unspecified atom stereocenters. The monoisotopic (exact) mass is 265 g/mol. The van der Waals surface area contributed by atoms with Crippen LogP contribution >= 0.6 is 0 Å². The fourth-order valence-corrected chi connectivity index (χ4v) is 1.96. The molecule has 1 aliphatic rings. The van der Waals surface area contributed by atoms with E-state index in [2.05, 4.69) is 4.74 Å². The molecule has 18 heavy (non-hydrogen) atoms. The van der Waals surface area contributed by atoms with E-state index in [4.69, 9.17) is 5.11 Å². The Balaban J connectivity index is 2.36. The molecule has 5 nitrogen and oxygen atoms in total. The van der Waals surface area contributed by atoms with Gasteiger partial charge in [-0.25, -0.2) is 13.6 Å². The molecule has 7 heteroatoms. The number of likely N-dealkylation sites (tertiary alicyclic amines) is 1. The lowest BCUT2D eigenvalue weighted by molar-refractivity contribution is -0.152. The van der Waals surface area contributed by atoms with E-state index in [-0.39, 0.29) is 18.9 Å². The van der Waals surface area contributed by atoms with Crippen molar-refractivity contribution in [2.75, 3.05) is 19.8 Å². The summed E-state index contributed by atoms with van der Waals surface area (Å²) in [4.78, 5) is 24.0. The Morgan fingerprint density at radius 1 is 1.39 bits per heavy atom. The van der Waals surface area contributed by atoms with E-state index in [0.29, 0.717) is 13.0 Å². The molecule has 1 rings (SSSR count). The molecule has 0 aromatic rings. The second kappa shape index (κ2) is 7.25. The molecule has 0 spiro atoms. The number of carboxylic acids is 1. The highest BCUT2D eigenvalue weighted by molar-refractivity contribution is 5.83. The Labute approximate surface area is 104 Å². The van der Waals surface area contributed by atoms with E-state index in [1.54, 1.807) is 0 Å². The SMILES string of the molecule is O=C(O)[C@@H]1CCCCN1C(=O)CCOCC(F)F. The third-order valence-corrected chi connectivity index (χ3v) is 2.81. The minimum absolute atomic E-state index is 0.0590. The average molecular weight is 265 g/mol. The number of piperidine rings is 1. The predicted molar refractivity (Wildman–Crippen MR) is 58.4 cm³/mol. The van der Waals surface area contributed by atoms with Crippen molar-refractivity contribution >= 4 is 11.9 Å². The Morgan fingerprint density at radius 2 is 2.11 bits per heavy atom. The van der Waals surface area contributed by atoms with Crippen LogP contribution < -0.4 is 0 Å². The number of carbonyl (C=O) groups is 2. The average Bonchev–Trinajstić information content (AvgIpc) is 2.34. The summed E-state index contributed by atoms with van der Waals surface area (Å²) in [5.74, 6) is -1.37. The number of halogens is 2. The van der Waals surface area contributed by atoms with Gasteiger partial charge in [0.2, 0.25) is 5.91 Å². The lowest BCUT2D eigenvalue weighted by atomic mass is 10.0. The third-order valence-electron chi connectivity index (χ3n) is 2.81. The van der Waals surface area contributed by atoms with Crippen LogP contribution in [0.4, 0.5) is 8.78 Å². The summed E-state index contributed by atoms with van der Waals surface area (Å²) in [5.41, 5.74) is 0. The van der Waals surface area contributed by atoms with Crippen molar-refractivity contribution < 1.29 is 28.2 Å². The number of rotatable bonds is 6. The zero-order valence-corrected chi connectivity index (χ0v) is 9.98. The van der Waals surface area contributed by atoms with Gasteiger partial charge in [0.05, 0.1) is 13.0 Å². The predicted octanol–water partition coefficient (Wildman–Crippen LogP) is 1.12. The maximum atomic E-state index is 11.8. The molecular weight excluding hydrogens is 248 g/mol. The van der Waals surface area contributed by atoms with Gasteiger partial charge < -0.3 is 14.7 Å². The van der Waals surface area contributed by atoms with Gasteiger partial charge in [0.1, 0.15) is 12.6 Å². The lowest BCUT2D eigenvalue weighted by Crippen LogP contribution is -2.48. The number of carboxylic acid groups (broad SMARTS) is 1. The van der Waals surface area contributed by atoms with Gasteiger partial charge in [-0.2, -0.15) is 0 Å². The maximum absolute atomic E-state index is 11.8. The number of aliphatic carboxylic acids is 1. The molecule has 0 saturated carbocycles. The zero-order chi connectivity index (χ0) is 13.5. The van der Waals surface area contributed by atoms with Crippen LogP contribution in [-0.2, 0) is 14.3 Å². The Hall–Kier alpha value is -1.24. The van der Waals surface area contributed by atoms with Crippen molar-refractivity contribution in [3.63, 3.8) is 0 Å². The molecule has 104 valence electrons. The van der Waals surface area contributed by atoms with Crippen LogP contribution in [0, 0.1) is 0 Å². The van der Waals surface area contributed by atoms with Gasteiger partial charge in [-0.05, 0) is 19.3 Å². The summed E-state index contributed by atoms with van der Waals surface area (Å²) in [5, 5.41) is 8.98. The van der Waals surface area contributed by atoms with E-state index >= 15 is 0 Å². The second-order valence-corrected chi connectivity index (χ2v) is 4.15. The molecule has 1 saturated heterocycles. The summed E-state index contributed by atoms with van der Waals surface area (Å²) >= 11 is 0. The van der Waals surface area contributed by atoms with Crippen LogP contribution in [0.5, 0.6) is 0 Å². The van der Waals surface area contributed by atoms with Crippen molar-refractivity contribution in [3.05, 3.63) is 0 Å². The molecule has 0 bridgehead atoms. The Kier molecular flexibility index (Phi) is 5.97. The third kappa shape index (κ3) is 4.56. The first kappa shape index (κ1) is 14.8. The first-order valence-electron chi connectivity index (χ1n) is 5.90. The second-order valence-electron chi connectivity index (χ2n) is 4.15. The Bertz CT molecular complexity index is 299. The number of hydrogen-bond acceptors (Lipinski definition) is 3. The minimum Gasteiger partial charge on any atom is -0.480 e. The molecular formula is C11H17F2NO4. The fourth-order valence-electron chi connectivity index (χ4n) is 1.96.